The molecule has 0 aromatic heterocycles. The molecule has 4 aliphatic rings. The standard InChI is InChI=1S/C34H43ClN2O3S/c1-21(2)32-15-22(3)6-12-30(38)27-10-7-25(27)18-37-19-34(14-4-5-23-16-26(35)9-11-28(23)34)20-40-31-13-8-24(17-29(31)37)33(39)36-41-32/h6,8-9,11-13,16-17,21-22,25,27,30,32,38H,4-5,7,10,14-15,18-20H2,1-3H3,(H,36,39)/b12-6-/t22-,25+,27-,30+,32+,34+/m1/s1. The second-order valence-corrected chi connectivity index (χ2v) is 14.7. The van der Waals surface area contributed by atoms with E-state index in [1.165, 1.54) is 23.1 Å². The summed E-state index contributed by atoms with van der Waals surface area (Å²) in [6.07, 6.45) is 10.0. The number of hydrogen-bond acceptors (Lipinski definition) is 5. The molecule has 7 heteroatoms. The summed E-state index contributed by atoms with van der Waals surface area (Å²) in [4.78, 5) is 15.9. The summed E-state index contributed by atoms with van der Waals surface area (Å²) in [5, 5.41) is 12.3. The van der Waals surface area contributed by atoms with E-state index in [1.807, 2.05) is 30.3 Å². The fourth-order valence-electron chi connectivity index (χ4n) is 7.35. The number of carbonyl (C=O) groups is 1. The third-order valence-electron chi connectivity index (χ3n) is 9.96. The third-order valence-corrected chi connectivity index (χ3v) is 11.5. The molecular formula is C34H43ClN2O3S. The Morgan fingerprint density at radius 2 is 2.02 bits per heavy atom. The van der Waals surface area contributed by atoms with Gasteiger partial charge in [0, 0.05) is 34.3 Å². The van der Waals surface area contributed by atoms with Crippen LogP contribution >= 0.6 is 23.5 Å². The molecule has 5 nitrogen and oxygen atoms in total. The van der Waals surface area contributed by atoms with Crippen LogP contribution in [0, 0.1) is 23.7 Å². The van der Waals surface area contributed by atoms with Crippen molar-refractivity contribution in [3.63, 3.8) is 0 Å². The van der Waals surface area contributed by atoms with E-state index in [4.69, 9.17) is 16.3 Å². The first kappa shape index (κ1) is 28.9. The van der Waals surface area contributed by atoms with E-state index in [-0.39, 0.29) is 22.5 Å². The van der Waals surface area contributed by atoms with Crippen LogP contribution in [-0.4, -0.2) is 42.1 Å². The first-order valence-electron chi connectivity index (χ1n) is 15.4. The van der Waals surface area contributed by atoms with Crippen LogP contribution in [-0.2, 0) is 11.8 Å². The van der Waals surface area contributed by atoms with Gasteiger partial charge in [0.05, 0.1) is 18.4 Å². The van der Waals surface area contributed by atoms with Crippen LogP contribution in [0.25, 0.3) is 0 Å². The number of fused-ring (bicyclic) bond motifs is 4. The van der Waals surface area contributed by atoms with Crippen LogP contribution in [0.1, 0.15) is 74.4 Å². The van der Waals surface area contributed by atoms with Gasteiger partial charge in [0.15, 0.2) is 0 Å². The number of rotatable bonds is 1. The molecule has 6 atom stereocenters. The first-order valence-corrected chi connectivity index (χ1v) is 16.6. The highest BCUT2D eigenvalue weighted by Gasteiger charge is 2.44. The summed E-state index contributed by atoms with van der Waals surface area (Å²) in [5.41, 5.74) is 4.14. The van der Waals surface area contributed by atoms with Gasteiger partial charge in [-0.15, -0.1) is 0 Å². The minimum Gasteiger partial charge on any atom is -0.490 e. The molecule has 1 spiro atoms. The largest absolute Gasteiger partial charge is 0.490 e. The Hall–Kier alpha value is -2.15. The molecule has 1 fully saturated rings. The monoisotopic (exact) mass is 594 g/mol. The van der Waals surface area contributed by atoms with Crippen molar-refractivity contribution in [3.8, 4) is 5.75 Å². The minimum atomic E-state index is -0.436. The Morgan fingerprint density at radius 1 is 1.17 bits per heavy atom. The Labute approximate surface area is 254 Å². The van der Waals surface area contributed by atoms with E-state index >= 15 is 0 Å². The number of allylic oxidation sites excluding steroid dienone is 1. The maximum atomic E-state index is 13.4. The van der Waals surface area contributed by atoms with Crippen LogP contribution in [0.2, 0.25) is 5.02 Å². The maximum Gasteiger partial charge on any atom is 0.261 e. The van der Waals surface area contributed by atoms with Gasteiger partial charge in [0.2, 0.25) is 0 Å². The molecule has 0 radical (unpaired) electrons. The molecule has 220 valence electrons. The fraction of sp³-hybridized carbons (Fsp3) is 0.559. The number of aryl methyl sites for hydroxylation is 1. The molecule has 1 saturated carbocycles. The zero-order valence-corrected chi connectivity index (χ0v) is 26.0. The summed E-state index contributed by atoms with van der Waals surface area (Å²) < 4.78 is 9.77. The Bertz CT molecular complexity index is 1310. The van der Waals surface area contributed by atoms with Crippen molar-refractivity contribution in [2.24, 2.45) is 23.7 Å². The average Bonchev–Trinajstić information content (AvgIpc) is 3.08. The lowest BCUT2D eigenvalue weighted by atomic mass is 9.68. The van der Waals surface area contributed by atoms with Crippen molar-refractivity contribution in [3.05, 3.63) is 70.3 Å². The van der Waals surface area contributed by atoms with E-state index in [1.54, 1.807) is 0 Å². The summed E-state index contributed by atoms with van der Waals surface area (Å²) in [5.74, 6) is 2.13. The lowest BCUT2D eigenvalue weighted by molar-refractivity contribution is 0.0454. The third kappa shape index (κ3) is 5.89. The molecule has 41 heavy (non-hydrogen) atoms. The predicted octanol–water partition coefficient (Wildman–Crippen LogP) is 7.20. The number of carbonyl (C=O) groups excluding carboxylic acids is 1. The van der Waals surface area contributed by atoms with Gasteiger partial charge in [-0.1, -0.05) is 50.6 Å². The molecular weight excluding hydrogens is 552 g/mol. The molecule has 2 aromatic rings. The molecule has 2 N–H and O–H groups in total. The molecule has 2 bridgehead atoms. The Balaban J connectivity index is 1.39. The van der Waals surface area contributed by atoms with E-state index in [0.717, 1.165) is 68.1 Å². The van der Waals surface area contributed by atoms with Crippen molar-refractivity contribution in [2.75, 3.05) is 24.6 Å². The van der Waals surface area contributed by atoms with Crippen LogP contribution in [0.3, 0.4) is 0 Å². The smallest absolute Gasteiger partial charge is 0.261 e. The number of ether oxygens (including phenoxy) is 1. The summed E-state index contributed by atoms with van der Waals surface area (Å²) in [6, 6.07) is 12.2. The van der Waals surface area contributed by atoms with Crippen LogP contribution in [0.4, 0.5) is 5.69 Å². The van der Waals surface area contributed by atoms with E-state index < -0.39 is 6.10 Å². The number of nitrogens with zero attached hydrogens (tertiary/aromatic N) is 1. The molecule has 0 unspecified atom stereocenters. The van der Waals surface area contributed by atoms with Gasteiger partial charge in [-0.25, -0.2) is 0 Å². The van der Waals surface area contributed by atoms with E-state index in [2.05, 4.69) is 48.6 Å². The summed E-state index contributed by atoms with van der Waals surface area (Å²) >= 11 is 7.95. The molecule has 2 aliphatic carbocycles. The maximum absolute atomic E-state index is 13.4. The number of hydrogen-bond donors (Lipinski definition) is 2. The van der Waals surface area contributed by atoms with Gasteiger partial charge in [0.25, 0.3) is 5.91 Å². The quantitative estimate of drug-likeness (QED) is 0.270. The molecule has 2 heterocycles. The van der Waals surface area contributed by atoms with Gasteiger partial charge < -0.3 is 14.7 Å². The van der Waals surface area contributed by atoms with Crippen molar-refractivity contribution < 1.29 is 14.6 Å². The highest BCUT2D eigenvalue weighted by molar-refractivity contribution is 7.98. The number of nitrogens with one attached hydrogen (secondary N) is 1. The zero-order chi connectivity index (χ0) is 28.7. The van der Waals surface area contributed by atoms with Gasteiger partial charge >= 0.3 is 0 Å². The number of benzene rings is 2. The van der Waals surface area contributed by atoms with Crippen LogP contribution < -0.4 is 14.4 Å². The lowest BCUT2D eigenvalue weighted by Gasteiger charge is -2.45. The SMILES string of the molecule is CC(C)[C@@H]1C[C@H](C)/C=C\[C@H](O)[C@@H]2CC[C@H]2CN2C[C@@]3(CCCc4cc(Cl)ccc43)COc3ccc(cc32)C(=O)NS1. The second kappa shape index (κ2) is 11.9. The summed E-state index contributed by atoms with van der Waals surface area (Å²) in [6.45, 7) is 8.87. The number of anilines is 1. The number of amides is 1. The predicted molar refractivity (Wildman–Crippen MR) is 169 cm³/mol. The second-order valence-electron chi connectivity index (χ2n) is 13.2. The Kier molecular flexibility index (Phi) is 8.37. The molecule has 6 rings (SSSR count). The van der Waals surface area contributed by atoms with Crippen LogP contribution in [0.5, 0.6) is 5.75 Å². The number of aliphatic hydroxyl groups excluding tert-OH is 1. The molecule has 2 aromatic carbocycles. The molecule has 0 saturated heterocycles. The highest BCUT2D eigenvalue weighted by Crippen LogP contribution is 2.47. The number of aliphatic hydroxyl groups is 1. The van der Waals surface area contributed by atoms with Gasteiger partial charge in [-0.05, 0) is 116 Å². The van der Waals surface area contributed by atoms with Crippen molar-refractivity contribution >= 4 is 35.1 Å². The molecule has 2 aliphatic heterocycles. The van der Waals surface area contributed by atoms with Gasteiger partial charge in [-0.3, -0.25) is 9.52 Å². The number of halogens is 1. The zero-order valence-electron chi connectivity index (χ0n) is 24.4. The van der Waals surface area contributed by atoms with Crippen LogP contribution in [0.15, 0.2) is 48.6 Å². The van der Waals surface area contributed by atoms with Gasteiger partial charge in [0.1, 0.15) is 5.75 Å². The first-order chi connectivity index (χ1) is 19.7. The Morgan fingerprint density at radius 3 is 2.80 bits per heavy atom. The molecule has 1 amide bonds. The minimum absolute atomic E-state index is 0.0627. The lowest BCUT2D eigenvalue weighted by Crippen LogP contribution is -2.49. The van der Waals surface area contributed by atoms with E-state index in [0.29, 0.717) is 29.9 Å². The van der Waals surface area contributed by atoms with Crippen molar-refractivity contribution in [2.45, 2.75) is 76.1 Å². The fourth-order valence-corrected chi connectivity index (χ4v) is 8.59. The topological polar surface area (TPSA) is 61.8 Å². The highest BCUT2D eigenvalue weighted by atomic mass is 35.5. The van der Waals surface area contributed by atoms with Crippen molar-refractivity contribution in [1.29, 1.82) is 0 Å². The van der Waals surface area contributed by atoms with E-state index in [9.17, 15) is 9.90 Å². The normalized spacial score (nSPS) is 32.7. The van der Waals surface area contributed by atoms with Crippen molar-refractivity contribution in [1.82, 2.24) is 4.72 Å². The summed E-state index contributed by atoms with van der Waals surface area (Å²) in [7, 11) is 0. The van der Waals surface area contributed by atoms with Gasteiger partial charge in [-0.2, -0.15) is 0 Å². The average molecular weight is 595 g/mol.